The van der Waals surface area contributed by atoms with Crippen molar-refractivity contribution in [2.75, 3.05) is 0 Å². The molecule has 82 valence electrons. The van der Waals surface area contributed by atoms with Crippen molar-refractivity contribution < 1.29 is 5.11 Å². The molecule has 0 heterocycles. The van der Waals surface area contributed by atoms with E-state index in [0.29, 0.717) is 17.8 Å². The van der Waals surface area contributed by atoms with Crippen LogP contribution in [0, 0.1) is 17.8 Å². The lowest BCUT2D eigenvalue weighted by molar-refractivity contribution is 0.0737. The van der Waals surface area contributed by atoms with Gasteiger partial charge in [-0.05, 0) is 43.9 Å². The van der Waals surface area contributed by atoms with Crippen LogP contribution in [0.15, 0.2) is 11.6 Å². The molecular formula is C13H24O. The van der Waals surface area contributed by atoms with Gasteiger partial charge in [0.05, 0.1) is 6.10 Å². The smallest absolute Gasteiger partial charge is 0.0574 e. The van der Waals surface area contributed by atoms with E-state index in [1.165, 1.54) is 5.57 Å². The number of aliphatic hydroxyl groups excluding tert-OH is 1. The van der Waals surface area contributed by atoms with Crippen molar-refractivity contribution >= 4 is 0 Å². The predicted molar refractivity (Wildman–Crippen MR) is 61.1 cm³/mol. The highest BCUT2D eigenvalue weighted by atomic mass is 16.3. The third-order valence-corrected chi connectivity index (χ3v) is 3.08. The van der Waals surface area contributed by atoms with Crippen LogP contribution in [0.2, 0.25) is 0 Å². The van der Waals surface area contributed by atoms with E-state index in [4.69, 9.17) is 0 Å². The van der Waals surface area contributed by atoms with E-state index in [1.54, 1.807) is 0 Å². The fourth-order valence-electron chi connectivity index (χ4n) is 2.56. The summed E-state index contributed by atoms with van der Waals surface area (Å²) in [5.74, 6) is 1.75. The molecule has 0 saturated heterocycles. The molecule has 3 atom stereocenters. The topological polar surface area (TPSA) is 20.2 Å². The Hall–Kier alpha value is -0.300. The first-order valence-corrected chi connectivity index (χ1v) is 5.84. The maximum Gasteiger partial charge on any atom is 0.0574 e. The lowest BCUT2D eigenvalue weighted by Gasteiger charge is -2.30. The Morgan fingerprint density at radius 3 is 2.64 bits per heavy atom. The van der Waals surface area contributed by atoms with Gasteiger partial charge in [0, 0.05) is 0 Å². The van der Waals surface area contributed by atoms with Crippen LogP contribution in [0.5, 0.6) is 0 Å². The van der Waals surface area contributed by atoms with Gasteiger partial charge >= 0.3 is 0 Å². The van der Waals surface area contributed by atoms with Crippen molar-refractivity contribution in [1.82, 2.24) is 0 Å². The molecule has 0 aromatic rings. The first-order valence-electron chi connectivity index (χ1n) is 5.84. The second-order valence-electron chi connectivity index (χ2n) is 5.39. The highest BCUT2D eigenvalue weighted by Gasteiger charge is 2.25. The van der Waals surface area contributed by atoms with Gasteiger partial charge in [0.25, 0.3) is 0 Å². The van der Waals surface area contributed by atoms with Crippen molar-refractivity contribution in [2.24, 2.45) is 17.8 Å². The maximum atomic E-state index is 10.1. The lowest BCUT2D eigenvalue weighted by Crippen LogP contribution is -2.26. The van der Waals surface area contributed by atoms with Crippen LogP contribution in [0.1, 0.15) is 47.0 Å². The fraction of sp³-hybridized carbons (Fsp3) is 0.846. The van der Waals surface area contributed by atoms with Crippen LogP contribution >= 0.6 is 0 Å². The van der Waals surface area contributed by atoms with E-state index >= 15 is 0 Å². The van der Waals surface area contributed by atoms with Crippen molar-refractivity contribution in [1.29, 1.82) is 0 Å². The number of hydrogen-bond acceptors (Lipinski definition) is 1. The van der Waals surface area contributed by atoms with E-state index in [2.05, 4.69) is 33.8 Å². The fourth-order valence-corrected chi connectivity index (χ4v) is 2.56. The molecule has 3 unspecified atom stereocenters. The molecule has 0 amide bonds. The molecule has 1 N–H and O–H groups in total. The molecule has 1 nitrogen and oxygen atoms in total. The standard InChI is InChI=1S/C13H24O/c1-9(2)5-13(14)12-7-10(3)6-11(4)8-12/h6,9-10,12-14H,5,7-8H2,1-4H3. The van der Waals surface area contributed by atoms with Gasteiger partial charge in [0.15, 0.2) is 0 Å². The quantitative estimate of drug-likeness (QED) is 0.686. The molecule has 1 aliphatic carbocycles. The van der Waals surface area contributed by atoms with E-state index < -0.39 is 0 Å². The molecule has 14 heavy (non-hydrogen) atoms. The molecule has 1 heteroatoms. The summed E-state index contributed by atoms with van der Waals surface area (Å²) in [6.07, 6.45) is 5.45. The first kappa shape index (κ1) is 11.8. The molecule has 0 spiro atoms. The number of allylic oxidation sites excluding steroid dienone is 2. The Morgan fingerprint density at radius 2 is 2.14 bits per heavy atom. The first-order chi connectivity index (χ1) is 6.49. The summed E-state index contributed by atoms with van der Waals surface area (Å²) < 4.78 is 0. The third kappa shape index (κ3) is 3.45. The van der Waals surface area contributed by atoms with Crippen LogP contribution in [0.4, 0.5) is 0 Å². The van der Waals surface area contributed by atoms with Gasteiger partial charge in [-0.15, -0.1) is 0 Å². The lowest BCUT2D eigenvalue weighted by atomic mass is 9.79. The van der Waals surface area contributed by atoms with E-state index in [9.17, 15) is 5.11 Å². The molecule has 0 aliphatic heterocycles. The molecule has 0 radical (unpaired) electrons. The molecule has 0 bridgehead atoms. The monoisotopic (exact) mass is 196 g/mol. The Bertz CT molecular complexity index is 205. The summed E-state index contributed by atoms with van der Waals surface area (Å²) >= 11 is 0. The molecule has 0 aromatic heterocycles. The van der Waals surface area contributed by atoms with Crippen LogP contribution in [0.3, 0.4) is 0 Å². The average molecular weight is 196 g/mol. The third-order valence-electron chi connectivity index (χ3n) is 3.08. The SMILES string of the molecule is CC1=CC(C)CC(C(O)CC(C)C)C1. The van der Waals surface area contributed by atoms with Crippen molar-refractivity contribution in [3.8, 4) is 0 Å². The Labute approximate surface area is 88.2 Å². The summed E-state index contributed by atoms with van der Waals surface area (Å²) in [4.78, 5) is 0. The summed E-state index contributed by atoms with van der Waals surface area (Å²) in [6.45, 7) is 8.79. The minimum absolute atomic E-state index is 0.0962. The van der Waals surface area contributed by atoms with E-state index in [0.717, 1.165) is 19.3 Å². The van der Waals surface area contributed by atoms with Crippen molar-refractivity contribution in [2.45, 2.75) is 53.1 Å². The summed E-state index contributed by atoms with van der Waals surface area (Å²) in [5, 5.41) is 10.1. The predicted octanol–water partition coefficient (Wildman–Crippen LogP) is 3.39. The van der Waals surface area contributed by atoms with E-state index in [-0.39, 0.29) is 6.10 Å². The van der Waals surface area contributed by atoms with Gasteiger partial charge in [-0.3, -0.25) is 0 Å². The molecule has 1 rings (SSSR count). The maximum absolute atomic E-state index is 10.1. The number of rotatable bonds is 3. The summed E-state index contributed by atoms with van der Waals surface area (Å²) in [5.41, 5.74) is 1.46. The Morgan fingerprint density at radius 1 is 1.50 bits per heavy atom. The second kappa shape index (κ2) is 4.97. The highest BCUT2D eigenvalue weighted by molar-refractivity contribution is 5.07. The number of aliphatic hydroxyl groups is 1. The number of hydrogen-bond donors (Lipinski definition) is 1. The molecule has 0 aromatic carbocycles. The zero-order valence-corrected chi connectivity index (χ0v) is 9.96. The van der Waals surface area contributed by atoms with Gasteiger partial charge in [-0.25, -0.2) is 0 Å². The second-order valence-corrected chi connectivity index (χ2v) is 5.39. The van der Waals surface area contributed by atoms with Crippen LogP contribution < -0.4 is 0 Å². The summed E-state index contributed by atoms with van der Waals surface area (Å²) in [6, 6.07) is 0. The van der Waals surface area contributed by atoms with Crippen LogP contribution in [0.25, 0.3) is 0 Å². The van der Waals surface area contributed by atoms with Gasteiger partial charge in [-0.2, -0.15) is 0 Å². The van der Waals surface area contributed by atoms with Crippen LogP contribution in [-0.4, -0.2) is 11.2 Å². The summed E-state index contributed by atoms with van der Waals surface area (Å²) in [7, 11) is 0. The average Bonchev–Trinajstić information content (AvgIpc) is 2.00. The zero-order valence-electron chi connectivity index (χ0n) is 9.96. The normalized spacial score (nSPS) is 30.3. The minimum atomic E-state index is -0.0962. The largest absolute Gasteiger partial charge is 0.393 e. The van der Waals surface area contributed by atoms with Gasteiger partial charge in [0.1, 0.15) is 0 Å². The molecule has 1 aliphatic rings. The highest BCUT2D eigenvalue weighted by Crippen LogP contribution is 2.31. The molecule has 0 saturated carbocycles. The Kier molecular flexibility index (Phi) is 4.18. The van der Waals surface area contributed by atoms with Gasteiger partial charge < -0.3 is 5.11 Å². The van der Waals surface area contributed by atoms with Gasteiger partial charge in [-0.1, -0.05) is 32.4 Å². The van der Waals surface area contributed by atoms with Crippen molar-refractivity contribution in [3.63, 3.8) is 0 Å². The van der Waals surface area contributed by atoms with Crippen LogP contribution in [-0.2, 0) is 0 Å². The minimum Gasteiger partial charge on any atom is -0.393 e. The Balaban J connectivity index is 2.49. The van der Waals surface area contributed by atoms with E-state index in [1.807, 2.05) is 0 Å². The van der Waals surface area contributed by atoms with Crippen molar-refractivity contribution in [3.05, 3.63) is 11.6 Å². The zero-order chi connectivity index (χ0) is 10.7. The van der Waals surface area contributed by atoms with Gasteiger partial charge in [0.2, 0.25) is 0 Å². The molecule has 0 fully saturated rings. The molecular weight excluding hydrogens is 172 g/mol.